The molecule has 0 radical (unpaired) electrons. The molecular formula is C15H23FN2O2S. The minimum absolute atomic E-state index is 0.0270. The number of nitrogens with one attached hydrogen (secondary N) is 1. The minimum Gasteiger partial charge on any atom is -0.308 e. The second kappa shape index (κ2) is 6.85. The van der Waals surface area contributed by atoms with Gasteiger partial charge in [0, 0.05) is 30.7 Å². The van der Waals surface area contributed by atoms with Gasteiger partial charge in [-0.25, -0.2) is 12.8 Å². The molecule has 2 atom stereocenters. The third-order valence-corrected chi connectivity index (χ3v) is 5.37. The van der Waals surface area contributed by atoms with E-state index in [-0.39, 0.29) is 17.9 Å². The first-order valence-corrected chi connectivity index (χ1v) is 9.23. The number of hydrogen-bond donors (Lipinski definition) is 1. The second-order valence-corrected chi connectivity index (χ2v) is 7.50. The van der Waals surface area contributed by atoms with Crippen molar-refractivity contribution in [1.29, 1.82) is 0 Å². The van der Waals surface area contributed by atoms with Gasteiger partial charge in [-0.05, 0) is 25.3 Å². The summed E-state index contributed by atoms with van der Waals surface area (Å²) < 4.78 is 38.8. The molecule has 6 heteroatoms. The fourth-order valence-corrected chi connectivity index (χ4v) is 4.14. The fourth-order valence-electron chi connectivity index (χ4n) is 2.96. The molecule has 1 saturated heterocycles. The quantitative estimate of drug-likeness (QED) is 0.876. The van der Waals surface area contributed by atoms with Crippen LogP contribution >= 0.6 is 0 Å². The lowest BCUT2D eigenvalue weighted by Gasteiger charge is -2.25. The number of benzene rings is 1. The molecule has 1 aliphatic heterocycles. The maximum atomic E-state index is 13.8. The van der Waals surface area contributed by atoms with Gasteiger partial charge in [0.2, 0.25) is 10.0 Å². The van der Waals surface area contributed by atoms with E-state index in [1.807, 2.05) is 13.0 Å². The SMILES string of the molecule is CC[C@H](NC[C@H]1CCCN1S(C)(=O)=O)c1ccccc1F. The minimum atomic E-state index is -3.16. The average Bonchev–Trinajstić information content (AvgIpc) is 2.90. The molecule has 1 N–H and O–H groups in total. The zero-order valence-corrected chi connectivity index (χ0v) is 13.4. The topological polar surface area (TPSA) is 49.4 Å². The van der Waals surface area contributed by atoms with Crippen molar-refractivity contribution in [1.82, 2.24) is 9.62 Å². The summed E-state index contributed by atoms with van der Waals surface area (Å²) in [4.78, 5) is 0. The van der Waals surface area contributed by atoms with Gasteiger partial charge in [0.1, 0.15) is 5.82 Å². The van der Waals surface area contributed by atoms with Crippen molar-refractivity contribution in [2.24, 2.45) is 0 Å². The Hall–Kier alpha value is -0.980. The molecule has 21 heavy (non-hydrogen) atoms. The Morgan fingerprint density at radius 3 is 2.76 bits per heavy atom. The third kappa shape index (κ3) is 4.02. The van der Waals surface area contributed by atoms with E-state index in [1.165, 1.54) is 12.3 Å². The van der Waals surface area contributed by atoms with Crippen LogP contribution in [0.5, 0.6) is 0 Å². The molecule has 1 fully saturated rings. The molecule has 0 saturated carbocycles. The first-order chi connectivity index (χ1) is 9.93. The molecular weight excluding hydrogens is 291 g/mol. The number of sulfonamides is 1. The molecule has 0 bridgehead atoms. The Kier molecular flexibility index (Phi) is 5.35. The maximum absolute atomic E-state index is 13.8. The first-order valence-electron chi connectivity index (χ1n) is 7.38. The van der Waals surface area contributed by atoms with Crippen LogP contribution in [0.15, 0.2) is 24.3 Å². The zero-order chi connectivity index (χ0) is 15.5. The Morgan fingerprint density at radius 2 is 2.14 bits per heavy atom. The van der Waals surface area contributed by atoms with E-state index in [2.05, 4.69) is 5.32 Å². The average molecular weight is 314 g/mol. The Labute approximate surface area is 126 Å². The third-order valence-electron chi connectivity index (χ3n) is 4.04. The van der Waals surface area contributed by atoms with Crippen molar-refractivity contribution in [3.63, 3.8) is 0 Å². The van der Waals surface area contributed by atoms with E-state index in [0.717, 1.165) is 19.3 Å². The summed E-state index contributed by atoms with van der Waals surface area (Å²) in [7, 11) is -3.16. The number of halogens is 1. The van der Waals surface area contributed by atoms with Crippen LogP contribution in [0, 0.1) is 5.82 Å². The molecule has 0 aromatic heterocycles. The van der Waals surface area contributed by atoms with Crippen LogP contribution in [-0.4, -0.2) is 38.1 Å². The molecule has 118 valence electrons. The summed E-state index contributed by atoms with van der Waals surface area (Å²) in [6.45, 7) is 3.13. The Bertz CT molecular complexity index is 577. The maximum Gasteiger partial charge on any atom is 0.211 e. The molecule has 0 aliphatic carbocycles. The molecule has 2 rings (SSSR count). The van der Waals surface area contributed by atoms with Gasteiger partial charge in [-0.3, -0.25) is 0 Å². The van der Waals surface area contributed by atoms with E-state index in [0.29, 0.717) is 18.7 Å². The monoisotopic (exact) mass is 314 g/mol. The van der Waals surface area contributed by atoms with Gasteiger partial charge < -0.3 is 5.32 Å². The fraction of sp³-hybridized carbons (Fsp3) is 0.600. The van der Waals surface area contributed by atoms with Crippen LogP contribution < -0.4 is 5.32 Å². The van der Waals surface area contributed by atoms with Crippen LogP contribution in [0.25, 0.3) is 0 Å². The highest BCUT2D eigenvalue weighted by molar-refractivity contribution is 7.88. The van der Waals surface area contributed by atoms with Crippen LogP contribution in [0.1, 0.15) is 37.8 Å². The standard InChI is InChI=1S/C15H23FN2O2S/c1-3-15(13-8-4-5-9-14(13)16)17-11-12-7-6-10-18(12)21(2,19)20/h4-5,8-9,12,15,17H,3,6-7,10-11H2,1-2H3/t12-,15+/m1/s1. The van der Waals surface area contributed by atoms with Crippen LogP contribution in [0.2, 0.25) is 0 Å². The van der Waals surface area contributed by atoms with Crippen molar-refractivity contribution in [2.75, 3.05) is 19.3 Å². The Balaban J connectivity index is 2.02. The van der Waals surface area contributed by atoms with Gasteiger partial charge in [0.15, 0.2) is 0 Å². The van der Waals surface area contributed by atoms with Gasteiger partial charge in [0.25, 0.3) is 0 Å². The number of hydrogen-bond acceptors (Lipinski definition) is 3. The van der Waals surface area contributed by atoms with Crippen molar-refractivity contribution < 1.29 is 12.8 Å². The summed E-state index contributed by atoms with van der Waals surface area (Å²) in [6, 6.07) is 6.61. The summed E-state index contributed by atoms with van der Waals surface area (Å²) in [6.07, 6.45) is 3.75. The molecule has 1 aromatic rings. The molecule has 0 spiro atoms. The first kappa shape index (κ1) is 16.4. The van der Waals surface area contributed by atoms with Gasteiger partial charge in [-0.15, -0.1) is 0 Å². The normalized spacial score (nSPS) is 21.6. The van der Waals surface area contributed by atoms with Crippen LogP contribution in [-0.2, 0) is 10.0 Å². The van der Waals surface area contributed by atoms with Gasteiger partial charge in [-0.2, -0.15) is 4.31 Å². The predicted molar refractivity (Wildman–Crippen MR) is 82.0 cm³/mol. The predicted octanol–water partition coefficient (Wildman–Crippen LogP) is 2.29. The highest BCUT2D eigenvalue weighted by atomic mass is 32.2. The largest absolute Gasteiger partial charge is 0.308 e. The molecule has 4 nitrogen and oxygen atoms in total. The summed E-state index contributed by atoms with van der Waals surface area (Å²) in [5.41, 5.74) is 0.643. The van der Waals surface area contributed by atoms with Crippen LogP contribution in [0.3, 0.4) is 0 Å². The van der Waals surface area contributed by atoms with Gasteiger partial charge in [-0.1, -0.05) is 25.1 Å². The number of nitrogens with zero attached hydrogens (tertiary/aromatic N) is 1. The lowest BCUT2D eigenvalue weighted by atomic mass is 10.0. The highest BCUT2D eigenvalue weighted by Gasteiger charge is 2.31. The van der Waals surface area contributed by atoms with E-state index in [9.17, 15) is 12.8 Å². The van der Waals surface area contributed by atoms with Gasteiger partial charge in [0.05, 0.1) is 6.26 Å². The van der Waals surface area contributed by atoms with E-state index < -0.39 is 10.0 Å². The molecule has 0 unspecified atom stereocenters. The zero-order valence-electron chi connectivity index (χ0n) is 12.5. The molecule has 0 amide bonds. The highest BCUT2D eigenvalue weighted by Crippen LogP contribution is 2.23. The lowest BCUT2D eigenvalue weighted by Crippen LogP contribution is -2.42. The second-order valence-electron chi connectivity index (χ2n) is 5.56. The molecule has 1 heterocycles. The van der Waals surface area contributed by atoms with Crippen molar-refractivity contribution in [3.8, 4) is 0 Å². The van der Waals surface area contributed by atoms with Crippen molar-refractivity contribution >= 4 is 10.0 Å². The van der Waals surface area contributed by atoms with E-state index >= 15 is 0 Å². The lowest BCUT2D eigenvalue weighted by molar-refractivity contribution is 0.354. The van der Waals surface area contributed by atoms with Crippen molar-refractivity contribution in [2.45, 2.75) is 38.3 Å². The van der Waals surface area contributed by atoms with Crippen LogP contribution in [0.4, 0.5) is 4.39 Å². The Morgan fingerprint density at radius 1 is 1.43 bits per heavy atom. The number of rotatable bonds is 6. The van der Waals surface area contributed by atoms with E-state index in [1.54, 1.807) is 16.4 Å². The molecule has 1 aliphatic rings. The molecule has 1 aromatic carbocycles. The summed E-state index contributed by atoms with van der Waals surface area (Å²) in [5.74, 6) is -0.219. The summed E-state index contributed by atoms with van der Waals surface area (Å²) in [5, 5.41) is 3.32. The smallest absolute Gasteiger partial charge is 0.211 e. The summed E-state index contributed by atoms with van der Waals surface area (Å²) >= 11 is 0. The van der Waals surface area contributed by atoms with Crippen molar-refractivity contribution in [3.05, 3.63) is 35.6 Å². The van der Waals surface area contributed by atoms with E-state index in [4.69, 9.17) is 0 Å². The van der Waals surface area contributed by atoms with Gasteiger partial charge >= 0.3 is 0 Å².